The Hall–Kier alpha value is -0.820. The zero-order chi connectivity index (χ0) is 11.6. The molecule has 0 spiro atoms. The molecule has 0 bridgehead atoms. The van der Waals surface area contributed by atoms with Gasteiger partial charge in [0.25, 0.3) is 0 Å². The van der Waals surface area contributed by atoms with Crippen LogP contribution in [-0.2, 0) is 6.42 Å². The minimum absolute atomic E-state index is 0.475. The molecule has 1 aromatic rings. The molecule has 1 atom stereocenters. The summed E-state index contributed by atoms with van der Waals surface area (Å²) in [5.41, 5.74) is 3.42. The second-order valence-electron chi connectivity index (χ2n) is 5.51. The van der Waals surface area contributed by atoms with Crippen LogP contribution in [0.25, 0.3) is 0 Å². The Bertz CT molecular complexity index is 335. The highest BCUT2D eigenvalue weighted by Crippen LogP contribution is 2.44. The fourth-order valence-corrected chi connectivity index (χ4v) is 1.95. The molecular formula is C15H23N. The third-order valence-electron chi connectivity index (χ3n) is 3.83. The van der Waals surface area contributed by atoms with E-state index in [-0.39, 0.29) is 0 Å². The SMILES string of the molecule is CCc1ccc(C(C)NCC2(C)CC2)cc1. The summed E-state index contributed by atoms with van der Waals surface area (Å²) >= 11 is 0. The number of nitrogens with one attached hydrogen (secondary N) is 1. The standard InChI is InChI=1S/C15H23N/c1-4-13-5-7-14(8-6-13)12(2)16-11-15(3)9-10-15/h5-8,12,16H,4,9-11H2,1-3H3. The molecule has 1 aliphatic rings. The Kier molecular flexibility index (Phi) is 3.34. The van der Waals surface area contributed by atoms with Crippen LogP contribution in [0.1, 0.15) is 50.8 Å². The van der Waals surface area contributed by atoms with Crippen LogP contribution in [0.15, 0.2) is 24.3 Å². The summed E-state index contributed by atoms with van der Waals surface area (Å²) in [7, 11) is 0. The maximum absolute atomic E-state index is 3.64. The highest BCUT2D eigenvalue weighted by atomic mass is 14.9. The lowest BCUT2D eigenvalue weighted by atomic mass is 10.0. The van der Waals surface area contributed by atoms with Gasteiger partial charge >= 0.3 is 0 Å². The molecule has 1 heteroatoms. The summed E-state index contributed by atoms with van der Waals surface area (Å²) in [6.07, 6.45) is 3.91. The first kappa shape index (κ1) is 11.7. The zero-order valence-corrected chi connectivity index (χ0v) is 10.7. The van der Waals surface area contributed by atoms with E-state index in [1.807, 2.05) is 0 Å². The van der Waals surface area contributed by atoms with Crippen molar-refractivity contribution < 1.29 is 0 Å². The lowest BCUT2D eigenvalue weighted by Gasteiger charge is -2.17. The van der Waals surface area contributed by atoms with Crippen LogP contribution in [0.2, 0.25) is 0 Å². The highest BCUT2D eigenvalue weighted by Gasteiger charge is 2.36. The Balaban J connectivity index is 1.89. The Morgan fingerprint density at radius 2 is 1.88 bits per heavy atom. The average molecular weight is 217 g/mol. The lowest BCUT2D eigenvalue weighted by Crippen LogP contribution is -2.25. The molecule has 1 aliphatic carbocycles. The highest BCUT2D eigenvalue weighted by molar-refractivity contribution is 5.24. The van der Waals surface area contributed by atoms with Gasteiger partial charge in [-0.25, -0.2) is 0 Å². The van der Waals surface area contributed by atoms with Crippen LogP contribution in [0.5, 0.6) is 0 Å². The molecule has 0 saturated heterocycles. The summed E-state index contributed by atoms with van der Waals surface area (Å²) in [5.74, 6) is 0. The molecule has 1 nitrogen and oxygen atoms in total. The number of rotatable bonds is 5. The van der Waals surface area contributed by atoms with Crippen LogP contribution in [0.3, 0.4) is 0 Å². The average Bonchev–Trinajstić information content (AvgIpc) is 3.05. The van der Waals surface area contributed by atoms with Crippen molar-refractivity contribution in [2.45, 2.75) is 46.1 Å². The van der Waals surface area contributed by atoms with E-state index in [4.69, 9.17) is 0 Å². The largest absolute Gasteiger partial charge is 0.310 e. The predicted molar refractivity (Wildman–Crippen MR) is 69.6 cm³/mol. The van der Waals surface area contributed by atoms with Crippen molar-refractivity contribution in [1.29, 1.82) is 0 Å². The Morgan fingerprint density at radius 1 is 1.25 bits per heavy atom. The molecule has 2 rings (SSSR count). The van der Waals surface area contributed by atoms with E-state index >= 15 is 0 Å². The van der Waals surface area contributed by atoms with E-state index in [9.17, 15) is 0 Å². The van der Waals surface area contributed by atoms with Crippen LogP contribution in [0, 0.1) is 5.41 Å². The molecule has 1 unspecified atom stereocenters. The van der Waals surface area contributed by atoms with Gasteiger partial charge in [-0.15, -0.1) is 0 Å². The van der Waals surface area contributed by atoms with Crippen LogP contribution >= 0.6 is 0 Å². The maximum Gasteiger partial charge on any atom is 0.0292 e. The van der Waals surface area contributed by atoms with E-state index < -0.39 is 0 Å². The molecule has 0 aliphatic heterocycles. The van der Waals surface area contributed by atoms with Gasteiger partial charge in [0.1, 0.15) is 0 Å². The summed E-state index contributed by atoms with van der Waals surface area (Å²) in [6.45, 7) is 7.98. The molecule has 1 N–H and O–H groups in total. The molecular weight excluding hydrogens is 194 g/mol. The number of hydrogen-bond donors (Lipinski definition) is 1. The van der Waals surface area contributed by atoms with Crippen molar-refractivity contribution in [2.75, 3.05) is 6.54 Å². The van der Waals surface area contributed by atoms with E-state index in [1.165, 1.54) is 24.0 Å². The molecule has 0 amide bonds. The Morgan fingerprint density at radius 3 is 2.38 bits per heavy atom. The summed E-state index contributed by atoms with van der Waals surface area (Å²) in [5, 5.41) is 3.64. The quantitative estimate of drug-likeness (QED) is 0.793. The van der Waals surface area contributed by atoms with Gasteiger partial charge in [0.15, 0.2) is 0 Å². The van der Waals surface area contributed by atoms with E-state index in [2.05, 4.69) is 50.4 Å². The molecule has 88 valence electrons. The number of benzene rings is 1. The Labute approximate surface area is 99.3 Å². The van der Waals surface area contributed by atoms with Crippen molar-refractivity contribution in [1.82, 2.24) is 5.32 Å². The second-order valence-corrected chi connectivity index (χ2v) is 5.51. The monoisotopic (exact) mass is 217 g/mol. The normalized spacial score (nSPS) is 19.4. The van der Waals surface area contributed by atoms with Crippen molar-refractivity contribution in [3.63, 3.8) is 0 Å². The maximum atomic E-state index is 3.64. The van der Waals surface area contributed by atoms with Gasteiger partial charge in [0.2, 0.25) is 0 Å². The van der Waals surface area contributed by atoms with Crippen molar-refractivity contribution in [2.24, 2.45) is 5.41 Å². The fraction of sp³-hybridized carbons (Fsp3) is 0.600. The summed E-state index contributed by atoms with van der Waals surface area (Å²) in [6, 6.07) is 9.47. The molecule has 1 saturated carbocycles. The van der Waals surface area contributed by atoms with E-state index in [0.717, 1.165) is 13.0 Å². The molecule has 1 fully saturated rings. The number of hydrogen-bond acceptors (Lipinski definition) is 1. The molecule has 1 aromatic carbocycles. The smallest absolute Gasteiger partial charge is 0.0292 e. The minimum atomic E-state index is 0.475. The van der Waals surface area contributed by atoms with Gasteiger partial charge in [0, 0.05) is 12.6 Å². The van der Waals surface area contributed by atoms with E-state index in [0.29, 0.717) is 11.5 Å². The van der Waals surface area contributed by atoms with Crippen LogP contribution in [0.4, 0.5) is 0 Å². The first-order valence-corrected chi connectivity index (χ1v) is 6.45. The van der Waals surface area contributed by atoms with E-state index in [1.54, 1.807) is 0 Å². The second kappa shape index (κ2) is 4.58. The van der Waals surface area contributed by atoms with Crippen molar-refractivity contribution in [3.05, 3.63) is 35.4 Å². The lowest BCUT2D eigenvalue weighted by molar-refractivity contribution is 0.457. The van der Waals surface area contributed by atoms with Gasteiger partial charge in [-0.2, -0.15) is 0 Å². The van der Waals surface area contributed by atoms with Gasteiger partial charge in [-0.05, 0) is 42.7 Å². The first-order chi connectivity index (χ1) is 7.63. The van der Waals surface area contributed by atoms with Gasteiger partial charge in [-0.1, -0.05) is 38.1 Å². The van der Waals surface area contributed by atoms with Crippen molar-refractivity contribution >= 4 is 0 Å². The van der Waals surface area contributed by atoms with Crippen LogP contribution in [-0.4, -0.2) is 6.54 Å². The molecule has 0 heterocycles. The van der Waals surface area contributed by atoms with Gasteiger partial charge < -0.3 is 5.32 Å². The summed E-state index contributed by atoms with van der Waals surface area (Å²) in [4.78, 5) is 0. The topological polar surface area (TPSA) is 12.0 Å². The first-order valence-electron chi connectivity index (χ1n) is 6.45. The summed E-state index contributed by atoms with van der Waals surface area (Å²) < 4.78 is 0. The minimum Gasteiger partial charge on any atom is -0.310 e. The van der Waals surface area contributed by atoms with Crippen LogP contribution < -0.4 is 5.32 Å². The third-order valence-corrected chi connectivity index (χ3v) is 3.83. The number of aryl methyl sites for hydroxylation is 1. The van der Waals surface area contributed by atoms with Gasteiger partial charge in [0.05, 0.1) is 0 Å². The third kappa shape index (κ3) is 2.85. The zero-order valence-electron chi connectivity index (χ0n) is 10.7. The van der Waals surface area contributed by atoms with Crippen molar-refractivity contribution in [3.8, 4) is 0 Å². The fourth-order valence-electron chi connectivity index (χ4n) is 1.95. The molecule has 0 radical (unpaired) electrons. The van der Waals surface area contributed by atoms with Gasteiger partial charge in [-0.3, -0.25) is 0 Å². The predicted octanol–water partition coefficient (Wildman–Crippen LogP) is 3.70. The molecule has 16 heavy (non-hydrogen) atoms. The molecule has 0 aromatic heterocycles.